The first kappa shape index (κ1) is 20.8. The third-order valence-corrected chi connectivity index (χ3v) is 5.88. The molecule has 0 spiro atoms. The fraction of sp³-hybridized carbons (Fsp3) is 0.208. The Balaban J connectivity index is 1.47. The Morgan fingerprint density at radius 1 is 0.909 bits per heavy atom. The van der Waals surface area contributed by atoms with Crippen LogP contribution >= 0.6 is 0 Å². The third-order valence-electron chi connectivity index (χ3n) is 5.88. The molecular weight excluding hydrogens is 424 g/mol. The summed E-state index contributed by atoms with van der Waals surface area (Å²) in [5, 5.41) is 30.5. The van der Waals surface area contributed by atoms with Crippen LogP contribution in [0.4, 0.5) is 5.69 Å². The quantitative estimate of drug-likeness (QED) is 0.434. The highest BCUT2D eigenvalue weighted by Crippen LogP contribution is 2.36. The van der Waals surface area contributed by atoms with E-state index in [2.05, 4.69) is 19.8 Å². The number of anilines is 1. The fourth-order valence-electron chi connectivity index (χ4n) is 4.12. The number of benzene rings is 2. The van der Waals surface area contributed by atoms with Crippen LogP contribution in [0.2, 0.25) is 0 Å². The van der Waals surface area contributed by atoms with E-state index in [1.54, 1.807) is 24.5 Å². The molecule has 0 amide bonds. The van der Waals surface area contributed by atoms with Gasteiger partial charge >= 0.3 is 0 Å². The number of nitrogens with zero attached hydrogens (tertiary/aromatic N) is 4. The fourth-order valence-corrected chi connectivity index (χ4v) is 4.12. The van der Waals surface area contributed by atoms with Gasteiger partial charge in [0.2, 0.25) is 0 Å². The van der Waals surface area contributed by atoms with Crippen molar-refractivity contribution in [3.63, 3.8) is 0 Å². The van der Waals surface area contributed by atoms with Gasteiger partial charge in [0.1, 0.15) is 34.7 Å². The number of piperazine rings is 1. The maximum Gasteiger partial charge on any atom is 0.197 e. The van der Waals surface area contributed by atoms with Crippen LogP contribution < -0.4 is 10.3 Å². The zero-order chi connectivity index (χ0) is 22.9. The van der Waals surface area contributed by atoms with Crippen LogP contribution in [-0.2, 0) is 6.54 Å². The second kappa shape index (κ2) is 8.44. The Labute approximate surface area is 188 Å². The predicted octanol–water partition coefficient (Wildman–Crippen LogP) is 2.69. The normalized spacial score (nSPS) is 14.6. The zero-order valence-corrected chi connectivity index (χ0v) is 17.7. The second-order valence-electron chi connectivity index (χ2n) is 7.98. The summed E-state index contributed by atoms with van der Waals surface area (Å²) in [7, 11) is 0. The van der Waals surface area contributed by atoms with Gasteiger partial charge < -0.3 is 24.6 Å². The van der Waals surface area contributed by atoms with Gasteiger partial charge in [0.25, 0.3) is 0 Å². The molecule has 168 valence electrons. The van der Waals surface area contributed by atoms with Crippen molar-refractivity contribution in [2.45, 2.75) is 6.54 Å². The lowest BCUT2D eigenvalue weighted by molar-refractivity contribution is 0.246. The molecule has 9 heteroatoms. The molecule has 2 aromatic carbocycles. The summed E-state index contributed by atoms with van der Waals surface area (Å²) in [6.07, 6.45) is 5.06. The average Bonchev–Trinajstić information content (AvgIpc) is 2.82. The highest BCUT2D eigenvalue weighted by atomic mass is 16.3. The summed E-state index contributed by atoms with van der Waals surface area (Å²) in [5.41, 5.74) is 1.74. The summed E-state index contributed by atoms with van der Waals surface area (Å²) in [5.74, 6) is -0.0808. The first-order valence-electron chi connectivity index (χ1n) is 10.5. The molecule has 2 aromatic heterocycles. The van der Waals surface area contributed by atoms with Crippen molar-refractivity contribution in [1.29, 1.82) is 0 Å². The van der Waals surface area contributed by atoms with E-state index in [9.17, 15) is 20.1 Å². The van der Waals surface area contributed by atoms with Crippen molar-refractivity contribution in [2.24, 2.45) is 0 Å². The van der Waals surface area contributed by atoms with Gasteiger partial charge in [0.15, 0.2) is 11.0 Å². The molecule has 5 rings (SSSR count). The molecule has 9 nitrogen and oxygen atoms in total. The molecule has 1 aliphatic heterocycles. The topological polar surface area (TPSA) is 123 Å². The van der Waals surface area contributed by atoms with E-state index in [0.717, 1.165) is 31.9 Å². The standard InChI is InChI=1S/C24H22N4O5/c29-17-3-1-15(2-4-17)22-10-21(32)23-20(31)9-19(30)18(24(23)33-22)13-27-5-7-28(8-6-27)16-11-25-14-26-12-16/h1-4,9-12,14,29-31H,5-8,13H2. The lowest BCUT2D eigenvalue weighted by Crippen LogP contribution is -2.46. The number of aromatic nitrogens is 2. The number of phenols is 3. The van der Waals surface area contributed by atoms with Crippen LogP contribution in [-0.4, -0.2) is 56.4 Å². The van der Waals surface area contributed by atoms with Crippen molar-refractivity contribution in [2.75, 3.05) is 31.1 Å². The Morgan fingerprint density at radius 2 is 1.61 bits per heavy atom. The minimum Gasteiger partial charge on any atom is -0.508 e. The predicted molar refractivity (Wildman–Crippen MR) is 122 cm³/mol. The van der Waals surface area contributed by atoms with Gasteiger partial charge in [-0.2, -0.15) is 0 Å². The van der Waals surface area contributed by atoms with Crippen molar-refractivity contribution in [1.82, 2.24) is 14.9 Å². The van der Waals surface area contributed by atoms with Crippen molar-refractivity contribution in [3.8, 4) is 28.6 Å². The van der Waals surface area contributed by atoms with E-state index in [1.807, 2.05) is 0 Å². The Bertz CT molecular complexity index is 1350. The van der Waals surface area contributed by atoms with E-state index >= 15 is 0 Å². The molecule has 4 aromatic rings. The number of hydrogen-bond donors (Lipinski definition) is 3. The summed E-state index contributed by atoms with van der Waals surface area (Å²) in [6.45, 7) is 3.31. The minimum atomic E-state index is -0.410. The Morgan fingerprint density at radius 3 is 2.30 bits per heavy atom. The lowest BCUT2D eigenvalue weighted by Gasteiger charge is -2.35. The molecule has 1 saturated heterocycles. The molecule has 3 heterocycles. The minimum absolute atomic E-state index is 0.0328. The van der Waals surface area contributed by atoms with Gasteiger partial charge in [-0.1, -0.05) is 0 Å². The van der Waals surface area contributed by atoms with Crippen LogP contribution in [0.1, 0.15) is 5.56 Å². The first-order chi connectivity index (χ1) is 16.0. The van der Waals surface area contributed by atoms with E-state index in [4.69, 9.17) is 4.42 Å². The molecule has 0 radical (unpaired) electrons. The number of aromatic hydroxyl groups is 3. The second-order valence-corrected chi connectivity index (χ2v) is 7.98. The van der Waals surface area contributed by atoms with E-state index in [1.165, 1.54) is 30.6 Å². The molecule has 0 bridgehead atoms. The highest BCUT2D eigenvalue weighted by molar-refractivity contribution is 5.89. The van der Waals surface area contributed by atoms with Crippen molar-refractivity contribution < 1.29 is 19.7 Å². The van der Waals surface area contributed by atoms with Crippen LogP contribution in [0.25, 0.3) is 22.3 Å². The van der Waals surface area contributed by atoms with Crippen molar-refractivity contribution >= 4 is 16.7 Å². The van der Waals surface area contributed by atoms with Gasteiger partial charge in [-0.15, -0.1) is 0 Å². The highest BCUT2D eigenvalue weighted by Gasteiger charge is 2.23. The van der Waals surface area contributed by atoms with Gasteiger partial charge in [-0.3, -0.25) is 9.69 Å². The van der Waals surface area contributed by atoms with Gasteiger partial charge in [-0.25, -0.2) is 9.97 Å². The summed E-state index contributed by atoms with van der Waals surface area (Å²) >= 11 is 0. The van der Waals surface area contributed by atoms with Gasteiger partial charge in [0, 0.05) is 50.4 Å². The molecule has 0 atom stereocenters. The maximum absolute atomic E-state index is 12.8. The number of hydrogen-bond acceptors (Lipinski definition) is 9. The van der Waals surface area contributed by atoms with Crippen LogP contribution in [0, 0.1) is 0 Å². The molecule has 0 unspecified atom stereocenters. The van der Waals surface area contributed by atoms with Crippen LogP contribution in [0.3, 0.4) is 0 Å². The summed E-state index contributed by atoms with van der Waals surface area (Å²) in [4.78, 5) is 25.3. The molecule has 33 heavy (non-hydrogen) atoms. The maximum atomic E-state index is 12.8. The van der Waals surface area contributed by atoms with Gasteiger partial charge in [0.05, 0.1) is 23.6 Å². The third kappa shape index (κ3) is 4.06. The number of phenolic OH excluding ortho intramolecular Hbond substituents is 3. The summed E-state index contributed by atoms with van der Waals surface area (Å²) < 4.78 is 6.04. The monoisotopic (exact) mass is 446 g/mol. The van der Waals surface area contributed by atoms with Gasteiger partial charge in [-0.05, 0) is 24.3 Å². The van der Waals surface area contributed by atoms with Crippen LogP contribution in [0.5, 0.6) is 17.2 Å². The van der Waals surface area contributed by atoms with Crippen LogP contribution in [0.15, 0.2) is 64.3 Å². The van der Waals surface area contributed by atoms with E-state index in [0.29, 0.717) is 17.7 Å². The number of rotatable bonds is 4. The largest absolute Gasteiger partial charge is 0.508 e. The molecule has 0 aliphatic carbocycles. The van der Waals surface area contributed by atoms with E-state index in [-0.39, 0.29) is 34.0 Å². The molecule has 1 fully saturated rings. The zero-order valence-electron chi connectivity index (χ0n) is 17.7. The SMILES string of the molecule is O=c1cc(-c2ccc(O)cc2)oc2c(CN3CCN(c4cncnc4)CC3)c(O)cc(O)c12. The van der Waals surface area contributed by atoms with Crippen molar-refractivity contribution in [3.05, 3.63) is 70.9 Å². The Kier molecular flexibility index (Phi) is 5.31. The average molecular weight is 446 g/mol. The molecule has 1 aliphatic rings. The molecule has 0 saturated carbocycles. The smallest absolute Gasteiger partial charge is 0.197 e. The summed E-state index contributed by atoms with van der Waals surface area (Å²) in [6, 6.07) is 8.75. The number of fused-ring (bicyclic) bond motifs is 1. The molecular formula is C24H22N4O5. The Hall–Kier alpha value is -4.11. The molecule has 3 N–H and O–H groups in total. The first-order valence-corrected chi connectivity index (χ1v) is 10.5. The van der Waals surface area contributed by atoms with E-state index < -0.39 is 5.43 Å². The lowest BCUT2D eigenvalue weighted by atomic mass is 10.1.